The lowest BCUT2D eigenvalue weighted by molar-refractivity contribution is -0.384. The van der Waals surface area contributed by atoms with Crippen LogP contribution in [0, 0.1) is 10.1 Å². The number of aromatic hydroxyl groups is 1. The van der Waals surface area contributed by atoms with Crippen LogP contribution in [0.15, 0.2) is 71.8 Å². The van der Waals surface area contributed by atoms with E-state index in [0.717, 1.165) is 28.0 Å². The molecule has 1 aliphatic rings. The molecule has 0 aliphatic carbocycles. The maximum Gasteiger partial charge on any atom is 0.270 e. The van der Waals surface area contributed by atoms with Crippen molar-refractivity contribution >= 4 is 61.3 Å². The molecule has 3 heterocycles. The number of benzene rings is 4. The number of pyridine rings is 1. The molecule has 4 aromatic carbocycles. The van der Waals surface area contributed by atoms with E-state index in [1.54, 1.807) is 36.7 Å². The average molecular weight is 605 g/mol. The number of hydrogen-bond donors (Lipinski definition) is 2. The van der Waals surface area contributed by atoms with Gasteiger partial charge in [0.05, 0.1) is 37.8 Å². The molecule has 0 radical (unpaired) electrons. The van der Waals surface area contributed by atoms with Crippen LogP contribution in [-0.4, -0.2) is 69.4 Å². The van der Waals surface area contributed by atoms with Crippen LogP contribution in [0.4, 0.5) is 11.4 Å². The highest BCUT2D eigenvalue weighted by Crippen LogP contribution is 2.34. The van der Waals surface area contributed by atoms with Gasteiger partial charge in [-0.1, -0.05) is 12.1 Å². The van der Waals surface area contributed by atoms with Gasteiger partial charge in [0.2, 0.25) is 0 Å². The van der Waals surface area contributed by atoms with Crippen LogP contribution in [0.1, 0.15) is 33.6 Å². The van der Waals surface area contributed by atoms with Crippen molar-refractivity contribution in [1.29, 1.82) is 0 Å². The van der Waals surface area contributed by atoms with Crippen molar-refractivity contribution in [2.75, 3.05) is 38.1 Å². The van der Waals surface area contributed by atoms with Crippen molar-refractivity contribution in [3.05, 3.63) is 98.5 Å². The fourth-order valence-corrected chi connectivity index (χ4v) is 6.37. The summed E-state index contributed by atoms with van der Waals surface area (Å²) in [7, 11) is 1.93. The number of fused-ring (bicyclic) bond motifs is 2. The number of imidazole rings is 1. The maximum absolute atomic E-state index is 13.6. The molecule has 12 nitrogen and oxygen atoms in total. The summed E-state index contributed by atoms with van der Waals surface area (Å²) in [6.45, 7) is 2.06. The van der Waals surface area contributed by atoms with E-state index in [4.69, 9.17) is 0 Å². The number of amides is 2. The molecule has 6 aromatic rings. The molecule has 7 rings (SSSR count). The second-order valence-corrected chi connectivity index (χ2v) is 11.3. The molecule has 45 heavy (non-hydrogen) atoms. The molecule has 0 bridgehead atoms. The number of phenols is 1. The van der Waals surface area contributed by atoms with Gasteiger partial charge < -0.3 is 15.3 Å². The number of nitro groups is 1. The van der Waals surface area contributed by atoms with E-state index in [9.17, 15) is 29.6 Å². The topological polar surface area (TPSA) is 150 Å². The minimum Gasteiger partial charge on any atom is -0.508 e. The average Bonchev–Trinajstić information content (AvgIpc) is 3.47. The second-order valence-electron chi connectivity index (χ2n) is 11.3. The molecule has 0 atom stereocenters. The van der Waals surface area contributed by atoms with Gasteiger partial charge in [-0.2, -0.15) is 0 Å². The second kappa shape index (κ2) is 10.8. The number of hydrogen-bond acceptors (Lipinski definition) is 9. The lowest BCUT2D eigenvalue weighted by atomic mass is 9.93. The summed E-state index contributed by atoms with van der Waals surface area (Å²) in [6.07, 6.45) is 2.97. The molecule has 2 amide bonds. The molecular formula is C33H28N6O6. The smallest absolute Gasteiger partial charge is 0.270 e. The van der Waals surface area contributed by atoms with Crippen LogP contribution in [0.3, 0.4) is 0 Å². The third-order valence-electron chi connectivity index (χ3n) is 8.52. The fraction of sp³-hybridized carbons (Fsp3) is 0.212. The standard InChI is InChI=1S/C33H28N6O6/c1-36(27-10-8-25-30-29(27)31(41)23-17-21(40)7-9-26(23)38(30)18-35-25)13-3-11-34-12-4-14-37-32(42)22-6-2-5-19-15-20(39(44)45)16-24(28(19)22)33(37)43/h2,5-10,15-18,34,40H,3-4,11-14H2,1H3. The molecule has 12 heteroatoms. The summed E-state index contributed by atoms with van der Waals surface area (Å²) in [5, 5.41) is 26.7. The van der Waals surface area contributed by atoms with E-state index < -0.39 is 16.7 Å². The zero-order valence-electron chi connectivity index (χ0n) is 24.3. The number of carbonyl (C=O) groups is 2. The largest absolute Gasteiger partial charge is 0.508 e. The summed E-state index contributed by atoms with van der Waals surface area (Å²) >= 11 is 0. The van der Waals surface area contributed by atoms with Crippen molar-refractivity contribution in [3.63, 3.8) is 0 Å². The van der Waals surface area contributed by atoms with E-state index in [1.165, 1.54) is 18.2 Å². The first kappa shape index (κ1) is 28.2. The number of imide groups is 1. The third kappa shape index (κ3) is 4.57. The van der Waals surface area contributed by atoms with E-state index >= 15 is 0 Å². The summed E-state index contributed by atoms with van der Waals surface area (Å²) < 4.78 is 1.89. The maximum atomic E-state index is 13.6. The molecule has 1 aliphatic heterocycles. The Morgan fingerprint density at radius 3 is 2.58 bits per heavy atom. The summed E-state index contributed by atoms with van der Waals surface area (Å²) in [5.41, 5.74) is 3.13. The molecule has 0 saturated carbocycles. The highest BCUT2D eigenvalue weighted by Gasteiger charge is 2.34. The predicted molar refractivity (Wildman–Crippen MR) is 171 cm³/mol. The molecule has 2 N–H and O–H groups in total. The Labute approximate surface area is 255 Å². The Bertz CT molecular complexity index is 2250. The third-order valence-corrected chi connectivity index (χ3v) is 8.52. The Hall–Kier alpha value is -5.62. The first-order valence-electron chi connectivity index (χ1n) is 14.6. The van der Waals surface area contributed by atoms with Gasteiger partial charge in [-0.05, 0) is 67.7 Å². The van der Waals surface area contributed by atoms with E-state index in [1.807, 2.05) is 28.5 Å². The highest BCUT2D eigenvalue weighted by molar-refractivity contribution is 6.25. The number of nitro benzene ring substituents is 1. The lowest BCUT2D eigenvalue weighted by Crippen LogP contribution is -2.41. The number of rotatable bonds is 10. The fourth-order valence-electron chi connectivity index (χ4n) is 6.37. The summed E-state index contributed by atoms with van der Waals surface area (Å²) in [4.78, 5) is 58.5. The van der Waals surface area contributed by atoms with E-state index in [0.29, 0.717) is 58.7 Å². The van der Waals surface area contributed by atoms with Gasteiger partial charge in [-0.25, -0.2) is 4.98 Å². The van der Waals surface area contributed by atoms with Gasteiger partial charge in [-0.3, -0.25) is 33.8 Å². The number of aromatic nitrogens is 2. The van der Waals surface area contributed by atoms with Crippen LogP contribution >= 0.6 is 0 Å². The monoisotopic (exact) mass is 604 g/mol. The number of anilines is 1. The number of nitrogens with zero attached hydrogens (tertiary/aromatic N) is 5. The normalized spacial score (nSPS) is 13.1. The molecule has 0 unspecified atom stereocenters. The molecule has 0 fully saturated rings. The van der Waals surface area contributed by atoms with Gasteiger partial charge in [0.15, 0.2) is 5.43 Å². The Morgan fingerprint density at radius 2 is 1.76 bits per heavy atom. The van der Waals surface area contributed by atoms with Crippen molar-refractivity contribution in [2.24, 2.45) is 0 Å². The Balaban J connectivity index is 0.982. The zero-order valence-corrected chi connectivity index (χ0v) is 24.3. The van der Waals surface area contributed by atoms with Crippen molar-refractivity contribution in [1.82, 2.24) is 19.6 Å². The van der Waals surface area contributed by atoms with Crippen molar-refractivity contribution in [2.45, 2.75) is 12.8 Å². The van der Waals surface area contributed by atoms with Gasteiger partial charge >= 0.3 is 0 Å². The summed E-state index contributed by atoms with van der Waals surface area (Å²) in [6, 6.07) is 16.2. The minimum atomic E-state index is -0.538. The van der Waals surface area contributed by atoms with E-state index in [2.05, 4.69) is 10.3 Å². The molecule has 0 saturated heterocycles. The predicted octanol–water partition coefficient (Wildman–Crippen LogP) is 4.31. The molecule has 0 spiro atoms. The van der Waals surface area contributed by atoms with Crippen molar-refractivity contribution in [3.8, 4) is 5.75 Å². The van der Waals surface area contributed by atoms with Gasteiger partial charge in [-0.15, -0.1) is 0 Å². The van der Waals surface area contributed by atoms with Crippen LogP contribution < -0.4 is 15.6 Å². The van der Waals surface area contributed by atoms with Crippen LogP contribution in [0.25, 0.3) is 38.1 Å². The van der Waals surface area contributed by atoms with Gasteiger partial charge in [0.25, 0.3) is 17.5 Å². The van der Waals surface area contributed by atoms with Crippen molar-refractivity contribution < 1.29 is 19.6 Å². The van der Waals surface area contributed by atoms with Crippen LogP contribution in [-0.2, 0) is 0 Å². The summed E-state index contributed by atoms with van der Waals surface area (Å²) in [5.74, 6) is -0.897. The molecule has 226 valence electrons. The Kier molecular flexibility index (Phi) is 6.78. The quantitative estimate of drug-likeness (QED) is 0.0767. The SMILES string of the molecule is CN(CCCNCCCN1C(=O)c2cccc3cc([N+](=O)[O-])cc(c23)C1=O)c1ccc2ncn3c4ccc(O)cc4c(=O)c1c23. The lowest BCUT2D eigenvalue weighted by Gasteiger charge is -2.27. The Morgan fingerprint density at radius 1 is 0.956 bits per heavy atom. The minimum absolute atomic E-state index is 0.0268. The van der Waals surface area contributed by atoms with Gasteiger partial charge in [0, 0.05) is 48.9 Å². The number of phenolic OH excluding ortho intramolecular Hbond substituents is 1. The first-order valence-corrected chi connectivity index (χ1v) is 14.6. The van der Waals surface area contributed by atoms with Crippen LogP contribution in [0.2, 0.25) is 0 Å². The van der Waals surface area contributed by atoms with Gasteiger partial charge in [0.1, 0.15) is 12.1 Å². The van der Waals surface area contributed by atoms with E-state index in [-0.39, 0.29) is 29.0 Å². The number of carbonyl (C=O) groups excluding carboxylic acids is 2. The molecular weight excluding hydrogens is 576 g/mol. The zero-order chi connectivity index (χ0) is 31.4. The number of non-ortho nitro benzene ring substituents is 1. The first-order chi connectivity index (χ1) is 21.7. The van der Waals surface area contributed by atoms with Crippen LogP contribution in [0.5, 0.6) is 5.75 Å². The highest BCUT2D eigenvalue weighted by atomic mass is 16.6. The molecule has 2 aromatic heterocycles. The number of nitrogens with one attached hydrogen (secondary N) is 1.